The number of nitrogens with zero attached hydrogens (tertiary/aromatic N) is 4. The molecule has 0 aliphatic carbocycles. The predicted molar refractivity (Wildman–Crippen MR) is 90.5 cm³/mol. The lowest BCUT2D eigenvalue weighted by atomic mass is 10.1. The Morgan fingerprint density at radius 3 is 2.39 bits per heavy atom. The highest BCUT2D eigenvalue weighted by Crippen LogP contribution is 2.24. The molecule has 6 heteroatoms. The van der Waals surface area contributed by atoms with Gasteiger partial charge in [0.2, 0.25) is 4.96 Å². The van der Waals surface area contributed by atoms with E-state index in [-0.39, 0.29) is 5.56 Å². The van der Waals surface area contributed by atoms with Crippen LogP contribution in [-0.2, 0) is 0 Å². The number of fused-ring (bicyclic) bond motifs is 1. The lowest BCUT2D eigenvalue weighted by Crippen LogP contribution is -2.19. The van der Waals surface area contributed by atoms with Crippen LogP contribution in [0.4, 0.5) is 0 Å². The van der Waals surface area contributed by atoms with Crippen LogP contribution in [0.1, 0.15) is 5.56 Å². The normalized spacial score (nSPS) is 11.0. The van der Waals surface area contributed by atoms with E-state index in [0.29, 0.717) is 10.7 Å². The van der Waals surface area contributed by atoms with E-state index in [1.165, 1.54) is 15.9 Å². The Labute approximate surface area is 135 Å². The second kappa shape index (κ2) is 5.40. The van der Waals surface area contributed by atoms with Crippen molar-refractivity contribution in [3.05, 3.63) is 70.5 Å². The highest BCUT2D eigenvalue weighted by atomic mass is 32.1. The summed E-state index contributed by atoms with van der Waals surface area (Å²) in [5, 5.41) is 13.4. The van der Waals surface area contributed by atoms with E-state index < -0.39 is 0 Å². The summed E-state index contributed by atoms with van der Waals surface area (Å²) in [6, 6.07) is 17.4. The SMILES string of the molecule is Cc1ccc(-c2nnc3sc(-c4ccccc4)nn3c2=O)cc1. The van der Waals surface area contributed by atoms with E-state index in [1.807, 2.05) is 61.5 Å². The van der Waals surface area contributed by atoms with Crippen LogP contribution < -0.4 is 5.56 Å². The smallest absolute Gasteiger partial charge is 0.265 e. The van der Waals surface area contributed by atoms with Gasteiger partial charge in [0, 0.05) is 11.1 Å². The van der Waals surface area contributed by atoms with Gasteiger partial charge in [-0.2, -0.15) is 9.61 Å². The summed E-state index contributed by atoms with van der Waals surface area (Å²) in [5.74, 6) is 0. The minimum Gasteiger partial charge on any atom is -0.265 e. The van der Waals surface area contributed by atoms with Crippen LogP contribution in [0.25, 0.3) is 26.8 Å². The van der Waals surface area contributed by atoms with Crippen molar-refractivity contribution in [2.75, 3.05) is 0 Å². The molecule has 0 aliphatic heterocycles. The first-order valence-corrected chi connectivity index (χ1v) is 7.93. The zero-order valence-corrected chi connectivity index (χ0v) is 13.1. The van der Waals surface area contributed by atoms with Crippen molar-refractivity contribution < 1.29 is 0 Å². The summed E-state index contributed by atoms with van der Waals surface area (Å²) in [5.41, 5.74) is 2.89. The summed E-state index contributed by atoms with van der Waals surface area (Å²) in [6.07, 6.45) is 0. The Balaban J connectivity index is 1.89. The lowest BCUT2D eigenvalue weighted by Gasteiger charge is -1.99. The fourth-order valence-electron chi connectivity index (χ4n) is 2.30. The standard InChI is InChI=1S/C17H12N4OS/c1-11-7-9-12(10-8-11)14-16(22)21-17(19-18-14)23-15(20-21)13-5-3-2-4-6-13/h2-10H,1H3. The fourth-order valence-corrected chi connectivity index (χ4v) is 3.15. The third-order valence-electron chi connectivity index (χ3n) is 3.54. The summed E-state index contributed by atoms with van der Waals surface area (Å²) >= 11 is 1.35. The maximum Gasteiger partial charge on any atom is 0.302 e. The molecule has 0 amide bonds. The molecule has 2 aromatic heterocycles. The van der Waals surface area contributed by atoms with Gasteiger partial charge in [0.25, 0.3) is 0 Å². The van der Waals surface area contributed by atoms with Crippen LogP contribution in [0, 0.1) is 6.92 Å². The van der Waals surface area contributed by atoms with E-state index in [1.54, 1.807) is 0 Å². The zero-order valence-electron chi connectivity index (χ0n) is 12.3. The molecule has 4 rings (SSSR count). The first-order chi connectivity index (χ1) is 11.2. The predicted octanol–water partition coefficient (Wildman–Crippen LogP) is 3.19. The highest BCUT2D eigenvalue weighted by molar-refractivity contribution is 7.19. The maximum absolute atomic E-state index is 12.7. The van der Waals surface area contributed by atoms with Crippen LogP contribution in [0.5, 0.6) is 0 Å². The van der Waals surface area contributed by atoms with Crippen LogP contribution in [0.3, 0.4) is 0 Å². The van der Waals surface area contributed by atoms with Crippen LogP contribution in [-0.4, -0.2) is 19.8 Å². The summed E-state index contributed by atoms with van der Waals surface area (Å²) in [7, 11) is 0. The molecule has 0 N–H and O–H groups in total. The van der Waals surface area contributed by atoms with E-state index >= 15 is 0 Å². The molecule has 0 atom stereocenters. The molecule has 0 saturated carbocycles. The van der Waals surface area contributed by atoms with Crippen molar-refractivity contribution in [1.82, 2.24) is 19.8 Å². The van der Waals surface area contributed by atoms with E-state index in [2.05, 4.69) is 15.3 Å². The van der Waals surface area contributed by atoms with E-state index in [4.69, 9.17) is 0 Å². The molecule has 23 heavy (non-hydrogen) atoms. The fraction of sp³-hybridized carbons (Fsp3) is 0.0588. The van der Waals surface area contributed by atoms with Gasteiger partial charge < -0.3 is 0 Å². The number of hydrogen-bond donors (Lipinski definition) is 0. The number of hydrogen-bond acceptors (Lipinski definition) is 5. The molecule has 0 spiro atoms. The molecular weight excluding hydrogens is 308 g/mol. The number of aromatic nitrogens is 4. The molecule has 0 fully saturated rings. The zero-order chi connectivity index (χ0) is 15.8. The molecule has 2 aromatic carbocycles. The van der Waals surface area contributed by atoms with Crippen molar-refractivity contribution in [1.29, 1.82) is 0 Å². The monoisotopic (exact) mass is 320 g/mol. The minimum atomic E-state index is -0.253. The second-order valence-electron chi connectivity index (χ2n) is 5.19. The van der Waals surface area contributed by atoms with Crippen molar-refractivity contribution in [3.63, 3.8) is 0 Å². The Kier molecular flexibility index (Phi) is 3.24. The largest absolute Gasteiger partial charge is 0.302 e. The van der Waals surface area contributed by atoms with Gasteiger partial charge in [-0.05, 0) is 6.92 Å². The van der Waals surface area contributed by atoms with Gasteiger partial charge in [0.05, 0.1) is 0 Å². The van der Waals surface area contributed by atoms with E-state index in [9.17, 15) is 4.79 Å². The minimum absolute atomic E-state index is 0.253. The van der Waals surface area contributed by atoms with Crippen LogP contribution in [0.15, 0.2) is 59.4 Å². The number of rotatable bonds is 2. The van der Waals surface area contributed by atoms with Gasteiger partial charge >= 0.3 is 5.56 Å². The van der Waals surface area contributed by atoms with Crippen molar-refractivity contribution in [2.45, 2.75) is 6.92 Å². The molecule has 0 aliphatic rings. The van der Waals surface area contributed by atoms with E-state index in [0.717, 1.165) is 21.7 Å². The average Bonchev–Trinajstić information content (AvgIpc) is 3.02. The number of aryl methyl sites for hydroxylation is 1. The van der Waals surface area contributed by atoms with Gasteiger partial charge in [-0.3, -0.25) is 4.79 Å². The first-order valence-electron chi connectivity index (χ1n) is 7.11. The Bertz CT molecular complexity index is 1040. The molecule has 0 saturated heterocycles. The molecule has 5 nitrogen and oxygen atoms in total. The quantitative estimate of drug-likeness (QED) is 0.569. The van der Waals surface area contributed by atoms with Crippen LogP contribution in [0.2, 0.25) is 0 Å². The van der Waals surface area contributed by atoms with Gasteiger partial charge in [-0.15, -0.1) is 10.2 Å². The first kappa shape index (κ1) is 13.8. The third kappa shape index (κ3) is 2.43. The van der Waals surface area contributed by atoms with Crippen molar-refractivity contribution in [2.24, 2.45) is 0 Å². The Hall–Kier alpha value is -2.86. The molecule has 0 unspecified atom stereocenters. The molecular formula is C17H12N4OS. The van der Waals surface area contributed by atoms with Gasteiger partial charge in [0.15, 0.2) is 5.69 Å². The van der Waals surface area contributed by atoms with Crippen LogP contribution >= 0.6 is 11.3 Å². The van der Waals surface area contributed by atoms with Gasteiger partial charge in [-0.1, -0.05) is 71.5 Å². The Morgan fingerprint density at radius 1 is 0.913 bits per heavy atom. The number of benzene rings is 2. The summed E-state index contributed by atoms with van der Waals surface area (Å²) < 4.78 is 1.33. The lowest BCUT2D eigenvalue weighted by molar-refractivity contribution is 0.862. The molecule has 112 valence electrons. The molecule has 4 aromatic rings. The molecule has 0 radical (unpaired) electrons. The molecule has 0 bridgehead atoms. The second-order valence-corrected chi connectivity index (χ2v) is 6.14. The molecule has 2 heterocycles. The highest BCUT2D eigenvalue weighted by Gasteiger charge is 2.14. The maximum atomic E-state index is 12.7. The van der Waals surface area contributed by atoms with Gasteiger partial charge in [0.1, 0.15) is 5.01 Å². The van der Waals surface area contributed by atoms with Crippen molar-refractivity contribution in [3.8, 4) is 21.8 Å². The summed E-state index contributed by atoms with van der Waals surface area (Å²) in [6.45, 7) is 2.00. The van der Waals surface area contributed by atoms with Gasteiger partial charge in [-0.25, -0.2) is 0 Å². The topological polar surface area (TPSA) is 60.1 Å². The average molecular weight is 320 g/mol. The summed E-state index contributed by atoms with van der Waals surface area (Å²) in [4.78, 5) is 13.2. The van der Waals surface area contributed by atoms with Crippen molar-refractivity contribution >= 4 is 16.3 Å². The Morgan fingerprint density at radius 2 is 1.65 bits per heavy atom. The third-order valence-corrected chi connectivity index (χ3v) is 4.48.